The summed E-state index contributed by atoms with van der Waals surface area (Å²) in [6.45, 7) is 4.91. The van der Waals surface area contributed by atoms with Gasteiger partial charge in [0.1, 0.15) is 0 Å². The second-order valence-corrected chi connectivity index (χ2v) is 3.36. The van der Waals surface area contributed by atoms with Crippen LogP contribution in [0.25, 0.3) is 6.08 Å². The first-order valence-corrected chi connectivity index (χ1v) is 4.54. The van der Waals surface area contributed by atoms with E-state index in [1.165, 1.54) is 5.57 Å². The average molecular weight is 176 g/mol. The van der Waals surface area contributed by atoms with E-state index in [9.17, 15) is 0 Å². The lowest BCUT2D eigenvalue weighted by Gasteiger charge is -2.07. The molecule has 2 N–H and O–H groups in total. The number of aromatic nitrogens is 1. The third-order valence-electron chi connectivity index (χ3n) is 2.01. The molecule has 1 heterocycles. The molecule has 0 atom stereocenters. The summed E-state index contributed by atoms with van der Waals surface area (Å²) in [5.74, 6) is 0.505. The molecule has 0 spiro atoms. The molecule has 70 valence electrons. The second kappa shape index (κ2) is 4.77. The molecule has 2 heteroatoms. The van der Waals surface area contributed by atoms with Crippen molar-refractivity contribution in [2.75, 3.05) is 6.54 Å². The van der Waals surface area contributed by atoms with Gasteiger partial charge >= 0.3 is 0 Å². The van der Waals surface area contributed by atoms with Crippen LogP contribution in [0.5, 0.6) is 0 Å². The lowest BCUT2D eigenvalue weighted by Crippen LogP contribution is -2.08. The smallest absolute Gasteiger partial charge is 0.0340 e. The molecule has 0 aliphatic carbocycles. The maximum Gasteiger partial charge on any atom is 0.0340 e. The van der Waals surface area contributed by atoms with Crippen molar-refractivity contribution in [3.63, 3.8) is 0 Å². The van der Waals surface area contributed by atoms with Gasteiger partial charge in [0.15, 0.2) is 0 Å². The molecule has 0 saturated carbocycles. The number of pyridine rings is 1. The number of nitrogens with zero attached hydrogens (tertiary/aromatic N) is 1. The van der Waals surface area contributed by atoms with E-state index in [1.807, 2.05) is 18.3 Å². The van der Waals surface area contributed by atoms with E-state index < -0.39 is 0 Å². The van der Waals surface area contributed by atoms with E-state index in [0.717, 1.165) is 5.56 Å². The molecule has 0 aromatic carbocycles. The molecule has 1 aromatic heterocycles. The molecule has 0 saturated heterocycles. The van der Waals surface area contributed by atoms with E-state index in [2.05, 4.69) is 24.9 Å². The van der Waals surface area contributed by atoms with Crippen LogP contribution in [0.4, 0.5) is 0 Å². The lowest BCUT2D eigenvalue weighted by molar-refractivity contribution is 0.752. The van der Waals surface area contributed by atoms with Crippen LogP contribution >= 0.6 is 0 Å². The maximum atomic E-state index is 5.63. The number of nitrogens with two attached hydrogens (primary N) is 1. The highest BCUT2D eigenvalue weighted by Gasteiger charge is 2.00. The summed E-state index contributed by atoms with van der Waals surface area (Å²) in [4.78, 5) is 4.05. The van der Waals surface area contributed by atoms with Gasteiger partial charge in [0, 0.05) is 18.9 Å². The average Bonchev–Trinajstić information content (AvgIpc) is 2.15. The van der Waals surface area contributed by atoms with Crippen LogP contribution in [0.15, 0.2) is 30.1 Å². The first kappa shape index (κ1) is 9.93. The van der Waals surface area contributed by atoms with Gasteiger partial charge in [-0.2, -0.15) is 0 Å². The van der Waals surface area contributed by atoms with Crippen LogP contribution in [0, 0.1) is 5.92 Å². The van der Waals surface area contributed by atoms with Gasteiger partial charge in [0.05, 0.1) is 0 Å². The van der Waals surface area contributed by atoms with Crippen molar-refractivity contribution >= 4 is 6.08 Å². The van der Waals surface area contributed by atoms with Crippen molar-refractivity contribution in [1.29, 1.82) is 0 Å². The fourth-order valence-corrected chi connectivity index (χ4v) is 1.14. The quantitative estimate of drug-likeness (QED) is 0.765. The first-order valence-electron chi connectivity index (χ1n) is 4.54. The predicted molar refractivity (Wildman–Crippen MR) is 56.1 cm³/mol. The molecular formula is C11H16N2. The van der Waals surface area contributed by atoms with E-state index in [4.69, 9.17) is 5.73 Å². The largest absolute Gasteiger partial charge is 0.327 e. The Morgan fingerprint density at radius 1 is 1.62 bits per heavy atom. The van der Waals surface area contributed by atoms with Crippen LogP contribution < -0.4 is 5.73 Å². The van der Waals surface area contributed by atoms with Crippen LogP contribution in [0.1, 0.15) is 19.4 Å². The second-order valence-electron chi connectivity index (χ2n) is 3.36. The Balaban J connectivity index is 2.85. The van der Waals surface area contributed by atoms with Crippen LogP contribution in [-0.4, -0.2) is 11.5 Å². The van der Waals surface area contributed by atoms with Crippen molar-refractivity contribution in [3.8, 4) is 0 Å². The van der Waals surface area contributed by atoms with Gasteiger partial charge < -0.3 is 5.73 Å². The van der Waals surface area contributed by atoms with Crippen LogP contribution in [-0.2, 0) is 0 Å². The monoisotopic (exact) mass is 176 g/mol. The molecule has 0 amide bonds. The summed E-state index contributed by atoms with van der Waals surface area (Å²) < 4.78 is 0. The van der Waals surface area contributed by atoms with E-state index in [-0.39, 0.29) is 0 Å². The van der Waals surface area contributed by atoms with E-state index in [0.29, 0.717) is 12.5 Å². The lowest BCUT2D eigenvalue weighted by atomic mass is 10.0. The van der Waals surface area contributed by atoms with Crippen molar-refractivity contribution < 1.29 is 0 Å². The third kappa shape index (κ3) is 2.99. The topological polar surface area (TPSA) is 38.9 Å². The predicted octanol–water partition coefficient (Wildman–Crippen LogP) is 2.08. The highest BCUT2D eigenvalue weighted by atomic mass is 14.6. The molecule has 0 radical (unpaired) electrons. The Morgan fingerprint density at radius 3 is 2.85 bits per heavy atom. The van der Waals surface area contributed by atoms with Crippen LogP contribution in [0.3, 0.4) is 0 Å². The first-order chi connectivity index (χ1) is 6.24. The van der Waals surface area contributed by atoms with Gasteiger partial charge in [-0.05, 0) is 17.5 Å². The van der Waals surface area contributed by atoms with Crippen molar-refractivity contribution in [2.45, 2.75) is 13.8 Å². The molecular weight excluding hydrogens is 160 g/mol. The maximum absolute atomic E-state index is 5.63. The fourth-order valence-electron chi connectivity index (χ4n) is 1.14. The minimum absolute atomic E-state index is 0.505. The number of hydrogen-bond acceptors (Lipinski definition) is 2. The molecule has 0 unspecified atom stereocenters. The fraction of sp³-hybridized carbons (Fsp3) is 0.364. The Kier molecular flexibility index (Phi) is 3.65. The molecule has 1 aromatic rings. The molecule has 0 aliphatic heterocycles. The molecule has 1 rings (SSSR count). The van der Waals surface area contributed by atoms with Gasteiger partial charge in [-0.1, -0.05) is 31.6 Å². The van der Waals surface area contributed by atoms with E-state index in [1.54, 1.807) is 6.20 Å². The standard InChI is InChI=1S/C11H16N2/c1-9(2)11(7-12)6-10-4-3-5-13-8-10/h3-6,8-9H,7,12H2,1-2H3. The van der Waals surface area contributed by atoms with Crippen LogP contribution in [0.2, 0.25) is 0 Å². The molecule has 13 heavy (non-hydrogen) atoms. The molecule has 0 fully saturated rings. The minimum Gasteiger partial charge on any atom is -0.327 e. The molecule has 2 nitrogen and oxygen atoms in total. The summed E-state index contributed by atoms with van der Waals surface area (Å²) in [7, 11) is 0. The summed E-state index contributed by atoms with van der Waals surface area (Å²) >= 11 is 0. The zero-order valence-corrected chi connectivity index (χ0v) is 8.20. The highest BCUT2D eigenvalue weighted by molar-refractivity contribution is 5.52. The Morgan fingerprint density at radius 2 is 2.38 bits per heavy atom. The molecule has 0 aliphatic rings. The SMILES string of the molecule is CC(C)C(=Cc1cccnc1)CN. The Hall–Kier alpha value is -1.15. The summed E-state index contributed by atoms with van der Waals surface area (Å²) in [6, 6.07) is 3.96. The minimum atomic E-state index is 0.505. The van der Waals surface area contributed by atoms with Gasteiger partial charge in [-0.3, -0.25) is 4.98 Å². The number of hydrogen-bond donors (Lipinski definition) is 1. The highest BCUT2D eigenvalue weighted by Crippen LogP contribution is 2.12. The number of rotatable bonds is 3. The zero-order valence-electron chi connectivity index (χ0n) is 8.20. The van der Waals surface area contributed by atoms with Crippen molar-refractivity contribution in [3.05, 3.63) is 35.7 Å². The summed E-state index contributed by atoms with van der Waals surface area (Å²) in [5, 5.41) is 0. The Bertz CT molecular complexity index is 275. The Labute approximate surface area is 79.5 Å². The normalized spacial score (nSPS) is 12.2. The zero-order chi connectivity index (χ0) is 9.68. The van der Waals surface area contributed by atoms with Crippen molar-refractivity contribution in [1.82, 2.24) is 4.98 Å². The van der Waals surface area contributed by atoms with E-state index >= 15 is 0 Å². The third-order valence-corrected chi connectivity index (χ3v) is 2.01. The van der Waals surface area contributed by atoms with Gasteiger partial charge in [0.25, 0.3) is 0 Å². The van der Waals surface area contributed by atoms with Crippen molar-refractivity contribution in [2.24, 2.45) is 11.7 Å². The summed E-state index contributed by atoms with van der Waals surface area (Å²) in [6.07, 6.45) is 5.73. The summed E-state index contributed by atoms with van der Waals surface area (Å²) in [5.41, 5.74) is 8.01. The molecule has 0 bridgehead atoms. The van der Waals surface area contributed by atoms with Gasteiger partial charge in [-0.25, -0.2) is 0 Å². The van der Waals surface area contributed by atoms with Gasteiger partial charge in [-0.15, -0.1) is 0 Å². The van der Waals surface area contributed by atoms with Gasteiger partial charge in [0.2, 0.25) is 0 Å².